The topological polar surface area (TPSA) is 94.0 Å². The van der Waals surface area contributed by atoms with Crippen molar-refractivity contribution in [3.05, 3.63) is 40.6 Å². The Morgan fingerprint density at radius 1 is 1.37 bits per heavy atom. The third kappa shape index (κ3) is 2.73. The normalized spacial score (nSPS) is 12.2. The molecule has 0 saturated heterocycles. The second kappa shape index (κ2) is 5.09. The van der Waals surface area contributed by atoms with E-state index in [1.807, 2.05) is 32.9 Å². The van der Waals surface area contributed by atoms with Gasteiger partial charge < -0.3 is 11.1 Å². The molecule has 6 heteroatoms. The molecule has 1 atom stereocenters. The Morgan fingerprint density at radius 3 is 2.68 bits per heavy atom. The Labute approximate surface area is 111 Å². The maximum atomic E-state index is 11.9. The van der Waals surface area contributed by atoms with Gasteiger partial charge >= 0.3 is 0 Å². The van der Waals surface area contributed by atoms with Crippen LogP contribution in [0.5, 0.6) is 0 Å². The summed E-state index contributed by atoms with van der Waals surface area (Å²) in [6, 6.07) is 5.94. The number of benzene rings is 1. The SMILES string of the molecule is Cc1ccc(C(C)NC(=O)c2nonc2N)c(C)c1. The van der Waals surface area contributed by atoms with Gasteiger partial charge in [-0.3, -0.25) is 4.79 Å². The fourth-order valence-electron chi connectivity index (χ4n) is 2.01. The summed E-state index contributed by atoms with van der Waals surface area (Å²) in [6.07, 6.45) is 0. The fourth-order valence-corrected chi connectivity index (χ4v) is 2.01. The van der Waals surface area contributed by atoms with Gasteiger partial charge in [0.2, 0.25) is 11.5 Å². The van der Waals surface area contributed by atoms with Crippen LogP contribution in [0.4, 0.5) is 5.82 Å². The van der Waals surface area contributed by atoms with E-state index in [1.54, 1.807) is 0 Å². The van der Waals surface area contributed by atoms with Crippen LogP contribution in [0.3, 0.4) is 0 Å². The van der Waals surface area contributed by atoms with Crippen molar-refractivity contribution in [2.45, 2.75) is 26.8 Å². The van der Waals surface area contributed by atoms with Crippen molar-refractivity contribution in [2.24, 2.45) is 0 Å². The van der Waals surface area contributed by atoms with E-state index in [4.69, 9.17) is 5.73 Å². The minimum absolute atomic E-state index is 0.00896. The summed E-state index contributed by atoms with van der Waals surface area (Å²) in [5, 5.41) is 9.67. The number of amides is 1. The zero-order valence-corrected chi connectivity index (χ0v) is 11.1. The van der Waals surface area contributed by atoms with Gasteiger partial charge in [-0.1, -0.05) is 23.8 Å². The first-order valence-electron chi connectivity index (χ1n) is 5.95. The highest BCUT2D eigenvalue weighted by atomic mass is 16.6. The van der Waals surface area contributed by atoms with E-state index in [-0.39, 0.29) is 17.6 Å². The average Bonchev–Trinajstić information content (AvgIpc) is 2.75. The lowest BCUT2D eigenvalue weighted by atomic mass is 10.0. The highest BCUT2D eigenvalue weighted by molar-refractivity contribution is 5.96. The van der Waals surface area contributed by atoms with E-state index in [1.165, 1.54) is 5.56 Å². The molecule has 0 aliphatic heterocycles. The molecule has 1 unspecified atom stereocenters. The Morgan fingerprint density at radius 2 is 2.11 bits per heavy atom. The first-order chi connectivity index (χ1) is 8.99. The summed E-state index contributed by atoms with van der Waals surface area (Å²) in [7, 11) is 0. The molecule has 1 heterocycles. The Hall–Kier alpha value is -2.37. The van der Waals surface area contributed by atoms with Crippen LogP contribution < -0.4 is 11.1 Å². The average molecular weight is 260 g/mol. The van der Waals surface area contributed by atoms with Crippen LogP contribution in [0.1, 0.15) is 40.1 Å². The molecule has 2 rings (SSSR count). The van der Waals surface area contributed by atoms with E-state index in [0.717, 1.165) is 11.1 Å². The van der Waals surface area contributed by atoms with Gasteiger partial charge in [-0.2, -0.15) is 0 Å². The van der Waals surface area contributed by atoms with Crippen LogP contribution in [-0.2, 0) is 0 Å². The molecule has 3 N–H and O–H groups in total. The van der Waals surface area contributed by atoms with Crippen LogP contribution in [0.15, 0.2) is 22.8 Å². The van der Waals surface area contributed by atoms with Crippen molar-refractivity contribution in [3.63, 3.8) is 0 Å². The molecule has 0 saturated carbocycles. The molecular weight excluding hydrogens is 244 g/mol. The van der Waals surface area contributed by atoms with Crippen molar-refractivity contribution in [1.29, 1.82) is 0 Å². The lowest BCUT2D eigenvalue weighted by molar-refractivity contribution is 0.0930. The monoisotopic (exact) mass is 260 g/mol. The predicted octanol–water partition coefficient (Wildman–Crippen LogP) is 1.76. The molecule has 1 aromatic carbocycles. The van der Waals surface area contributed by atoms with E-state index in [9.17, 15) is 4.79 Å². The maximum absolute atomic E-state index is 11.9. The molecule has 2 aromatic rings. The number of nitrogen functional groups attached to an aromatic ring is 1. The molecule has 1 amide bonds. The number of aromatic nitrogens is 2. The first kappa shape index (κ1) is 13.1. The summed E-state index contributed by atoms with van der Waals surface area (Å²) in [5.74, 6) is -0.406. The summed E-state index contributed by atoms with van der Waals surface area (Å²) in [4.78, 5) is 11.9. The summed E-state index contributed by atoms with van der Waals surface area (Å²) in [6.45, 7) is 5.94. The highest BCUT2D eigenvalue weighted by Crippen LogP contribution is 2.19. The molecule has 0 aliphatic rings. The minimum Gasteiger partial charge on any atom is -0.379 e. The van der Waals surface area contributed by atoms with E-state index < -0.39 is 5.91 Å². The minimum atomic E-state index is -0.397. The smallest absolute Gasteiger partial charge is 0.277 e. The van der Waals surface area contributed by atoms with Gasteiger partial charge in [0.1, 0.15) is 0 Å². The molecular formula is C13H16N4O2. The highest BCUT2D eigenvalue weighted by Gasteiger charge is 2.19. The van der Waals surface area contributed by atoms with E-state index >= 15 is 0 Å². The second-order valence-electron chi connectivity index (χ2n) is 4.55. The number of nitrogens with zero attached hydrogens (tertiary/aromatic N) is 2. The Kier molecular flexibility index (Phi) is 3.50. The lowest BCUT2D eigenvalue weighted by Gasteiger charge is -2.16. The standard InChI is InChI=1S/C13H16N4O2/c1-7-4-5-10(8(2)6-7)9(3)15-13(18)11-12(14)17-19-16-11/h4-6,9H,1-3H3,(H2,14,17)(H,15,18). The Balaban J connectivity index is 2.15. The lowest BCUT2D eigenvalue weighted by Crippen LogP contribution is -2.28. The maximum Gasteiger partial charge on any atom is 0.277 e. The van der Waals surface area contributed by atoms with Gasteiger partial charge in [0.25, 0.3) is 5.91 Å². The van der Waals surface area contributed by atoms with Gasteiger partial charge in [-0.15, -0.1) is 0 Å². The number of hydrogen-bond acceptors (Lipinski definition) is 5. The number of aryl methyl sites for hydroxylation is 2. The van der Waals surface area contributed by atoms with Gasteiger partial charge in [0.15, 0.2) is 0 Å². The van der Waals surface area contributed by atoms with Crippen LogP contribution in [0, 0.1) is 13.8 Å². The van der Waals surface area contributed by atoms with Crippen molar-refractivity contribution in [2.75, 3.05) is 5.73 Å². The van der Waals surface area contributed by atoms with E-state index in [0.29, 0.717) is 0 Å². The zero-order valence-electron chi connectivity index (χ0n) is 11.1. The van der Waals surface area contributed by atoms with E-state index in [2.05, 4.69) is 26.3 Å². The molecule has 1 aromatic heterocycles. The molecule has 0 fully saturated rings. The van der Waals surface area contributed by atoms with Crippen LogP contribution >= 0.6 is 0 Å². The molecule has 0 bridgehead atoms. The third-order valence-electron chi connectivity index (χ3n) is 2.97. The van der Waals surface area contributed by atoms with Crippen molar-refractivity contribution < 1.29 is 9.42 Å². The van der Waals surface area contributed by atoms with Crippen molar-refractivity contribution in [3.8, 4) is 0 Å². The number of nitrogens with two attached hydrogens (primary N) is 1. The quantitative estimate of drug-likeness (QED) is 0.876. The largest absolute Gasteiger partial charge is 0.379 e. The van der Waals surface area contributed by atoms with Gasteiger partial charge in [-0.25, -0.2) is 4.63 Å². The van der Waals surface area contributed by atoms with Gasteiger partial charge in [0.05, 0.1) is 6.04 Å². The second-order valence-corrected chi connectivity index (χ2v) is 4.55. The first-order valence-corrected chi connectivity index (χ1v) is 5.95. The molecule has 0 radical (unpaired) electrons. The molecule has 100 valence electrons. The van der Waals surface area contributed by atoms with Crippen LogP contribution in [-0.4, -0.2) is 16.2 Å². The zero-order chi connectivity index (χ0) is 14.0. The van der Waals surface area contributed by atoms with Crippen molar-refractivity contribution in [1.82, 2.24) is 15.6 Å². The number of rotatable bonds is 3. The number of hydrogen-bond donors (Lipinski definition) is 2. The third-order valence-corrected chi connectivity index (χ3v) is 2.97. The number of anilines is 1. The van der Waals surface area contributed by atoms with Crippen LogP contribution in [0.25, 0.3) is 0 Å². The molecule has 0 aliphatic carbocycles. The number of nitrogens with one attached hydrogen (secondary N) is 1. The van der Waals surface area contributed by atoms with Gasteiger partial charge in [0, 0.05) is 0 Å². The van der Waals surface area contributed by atoms with Crippen LogP contribution in [0.2, 0.25) is 0 Å². The number of carbonyl (C=O) groups excluding carboxylic acids is 1. The van der Waals surface area contributed by atoms with Gasteiger partial charge in [-0.05, 0) is 42.2 Å². The number of carbonyl (C=O) groups is 1. The molecule has 6 nitrogen and oxygen atoms in total. The fraction of sp³-hybridized carbons (Fsp3) is 0.308. The van der Waals surface area contributed by atoms with Crippen molar-refractivity contribution >= 4 is 11.7 Å². The summed E-state index contributed by atoms with van der Waals surface area (Å²) >= 11 is 0. The predicted molar refractivity (Wildman–Crippen MR) is 70.5 cm³/mol. The Bertz CT molecular complexity index is 606. The molecule has 0 spiro atoms. The molecule has 19 heavy (non-hydrogen) atoms. The summed E-state index contributed by atoms with van der Waals surface area (Å²) in [5.41, 5.74) is 8.85. The summed E-state index contributed by atoms with van der Waals surface area (Å²) < 4.78 is 4.41.